The van der Waals surface area contributed by atoms with Gasteiger partial charge in [-0.05, 0) is 60.9 Å². The van der Waals surface area contributed by atoms with Gasteiger partial charge in [-0.3, -0.25) is 4.79 Å². The molecule has 1 saturated heterocycles. The quantitative estimate of drug-likeness (QED) is 0.287. The smallest absolute Gasteiger partial charge is 0.331 e. The van der Waals surface area contributed by atoms with Crippen molar-refractivity contribution in [2.45, 2.75) is 17.7 Å². The first-order chi connectivity index (χ1) is 16.3. The molecule has 0 aromatic heterocycles. The third-order valence-electron chi connectivity index (χ3n) is 5.12. The monoisotopic (exact) mass is 484 g/mol. The van der Waals surface area contributed by atoms with Crippen molar-refractivity contribution in [3.63, 3.8) is 0 Å². The number of methoxy groups -OCH3 is 1. The van der Waals surface area contributed by atoms with Crippen LogP contribution in [0.3, 0.4) is 0 Å². The molecule has 0 N–H and O–H groups in total. The Bertz CT molecular complexity index is 1210. The Morgan fingerprint density at radius 1 is 1.09 bits per heavy atom. The molecule has 0 atom stereocenters. The summed E-state index contributed by atoms with van der Waals surface area (Å²) in [7, 11) is -2.10. The number of Topliss-reactive ketones (excluding diaryl/α,β-unsaturated/α-hetero) is 1. The van der Waals surface area contributed by atoms with Crippen molar-refractivity contribution < 1.29 is 32.2 Å². The predicted octanol–water partition coefficient (Wildman–Crippen LogP) is 2.82. The van der Waals surface area contributed by atoms with Gasteiger partial charge in [-0.15, -0.1) is 0 Å². The Balaban J connectivity index is 1.55. The fraction of sp³-hybridized carbons (Fsp3) is 0.292. The molecule has 2 aromatic rings. The van der Waals surface area contributed by atoms with E-state index in [1.54, 1.807) is 18.2 Å². The summed E-state index contributed by atoms with van der Waals surface area (Å²) >= 11 is 0. The van der Waals surface area contributed by atoms with E-state index in [1.165, 1.54) is 47.8 Å². The zero-order valence-corrected chi connectivity index (χ0v) is 19.4. The van der Waals surface area contributed by atoms with Gasteiger partial charge in [0.15, 0.2) is 30.5 Å². The summed E-state index contributed by atoms with van der Waals surface area (Å²) in [6, 6.07) is 12.4. The highest BCUT2D eigenvalue weighted by atomic mass is 32.2. The lowest BCUT2D eigenvalue weighted by molar-refractivity contribution is -0.136. The van der Waals surface area contributed by atoms with Gasteiger partial charge in [-0.25, -0.2) is 13.2 Å². The van der Waals surface area contributed by atoms with Crippen LogP contribution in [0.2, 0.25) is 0 Å². The number of nitrogens with zero attached hydrogens (tertiary/aromatic N) is 2. The second-order valence-corrected chi connectivity index (χ2v) is 9.29. The molecule has 9 nitrogen and oxygen atoms in total. The molecule has 0 spiro atoms. The molecule has 1 aliphatic heterocycles. The van der Waals surface area contributed by atoms with E-state index in [0.717, 1.165) is 12.8 Å². The van der Waals surface area contributed by atoms with Crippen molar-refractivity contribution in [2.24, 2.45) is 0 Å². The number of carbonyl (C=O) groups is 2. The van der Waals surface area contributed by atoms with Gasteiger partial charge in [-0.1, -0.05) is 6.07 Å². The Labute approximate surface area is 198 Å². The molecule has 0 aliphatic carbocycles. The van der Waals surface area contributed by atoms with E-state index in [-0.39, 0.29) is 17.1 Å². The molecule has 2 aromatic carbocycles. The first-order valence-electron chi connectivity index (χ1n) is 10.5. The number of ketones is 1. The Morgan fingerprint density at radius 3 is 2.44 bits per heavy atom. The SMILES string of the molecule is COc1cc(/C=C/C(=O)OCC(=O)c2ccc(S(=O)(=O)N3CCCC3)cc2)ccc1OCC#N. The molecule has 1 aliphatic rings. The van der Waals surface area contributed by atoms with E-state index in [2.05, 4.69) is 0 Å². The van der Waals surface area contributed by atoms with Gasteiger partial charge in [-0.2, -0.15) is 9.57 Å². The lowest BCUT2D eigenvalue weighted by Gasteiger charge is -2.15. The molecular formula is C24H24N2O7S. The number of rotatable bonds is 10. The number of hydrogen-bond donors (Lipinski definition) is 0. The van der Waals surface area contributed by atoms with Crippen LogP contribution >= 0.6 is 0 Å². The summed E-state index contributed by atoms with van der Waals surface area (Å²) in [5.41, 5.74) is 0.870. The number of benzene rings is 2. The first kappa shape index (κ1) is 25.0. The normalized spacial score (nSPS) is 14.0. The highest BCUT2D eigenvalue weighted by Crippen LogP contribution is 2.28. The fourth-order valence-electron chi connectivity index (χ4n) is 3.34. The second-order valence-electron chi connectivity index (χ2n) is 7.36. The van der Waals surface area contributed by atoms with E-state index in [0.29, 0.717) is 30.2 Å². The Hall–Kier alpha value is -3.68. The molecule has 1 fully saturated rings. The number of ether oxygens (including phenoxy) is 3. The minimum absolute atomic E-state index is 0.122. The van der Waals surface area contributed by atoms with Gasteiger partial charge in [0.25, 0.3) is 0 Å². The van der Waals surface area contributed by atoms with Gasteiger partial charge in [0.2, 0.25) is 10.0 Å². The molecule has 0 radical (unpaired) electrons. The number of sulfonamides is 1. The summed E-state index contributed by atoms with van der Waals surface area (Å²) in [4.78, 5) is 24.5. The highest BCUT2D eigenvalue weighted by molar-refractivity contribution is 7.89. The van der Waals surface area contributed by atoms with Crippen molar-refractivity contribution in [1.29, 1.82) is 5.26 Å². The maximum atomic E-state index is 12.6. The summed E-state index contributed by atoms with van der Waals surface area (Å²) in [6.45, 7) is 0.394. The van der Waals surface area contributed by atoms with E-state index in [1.807, 2.05) is 6.07 Å². The van der Waals surface area contributed by atoms with Gasteiger partial charge in [0.1, 0.15) is 6.07 Å². The van der Waals surface area contributed by atoms with Crippen molar-refractivity contribution >= 4 is 27.9 Å². The van der Waals surface area contributed by atoms with Crippen LogP contribution in [0, 0.1) is 11.3 Å². The molecule has 0 bridgehead atoms. The summed E-state index contributed by atoms with van der Waals surface area (Å²) in [6.07, 6.45) is 4.33. The molecule has 3 rings (SSSR count). The van der Waals surface area contributed by atoms with Gasteiger partial charge in [0.05, 0.1) is 12.0 Å². The number of carbonyl (C=O) groups excluding carboxylic acids is 2. The third-order valence-corrected chi connectivity index (χ3v) is 7.03. The van der Waals surface area contributed by atoms with Crippen LogP contribution < -0.4 is 9.47 Å². The number of hydrogen-bond acceptors (Lipinski definition) is 8. The summed E-state index contributed by atoms with van der Waals surface area (Å²) in [5, 5.41) is 8.61. The number of nitriles is 1. The Kier molecular flexibility index (Phi) is 8.40. The van der Waals surface area contributed by atoms with Crippen molar-refractivity contribution in [1.82, 2.24) is 4.31 Å². The maximum absolute atomic E-state index is 12.6. The predicted molar refractivity (Wildman–Crippen MR) is 123 cm³/mol. The van der Waals surface area contributed by atoms with Crippen LogP contribution in [0.5, 0.6) is 11.5 Å². The molecular weight excluding hydrogens is 460 g/mol. The van der Waals surface area contributed by atoms with Crippen LogP contribution in [-0.2, 0) is 19.6 Å². The number of esters is 1. The molecule has 0 saturated carbocycles. The lowest BCUT2D eigenvalue weighted by Crippen LogP contribution is -2.27. The highest BCUT2D eigenvalue weighted by Gasteiger charge is 2.27. The largest absolute Gasteiger partial charge is 0.493 e. The summed E-state index contributed by atoms with van der Waals surface area (Å²) in [5.74, 6) is -0.373. The fourth-order valence-corrected chi connectivity index (χ4v) is 4.86. The van der Waals surface area contributed by atoms with Crippen molar-refractivity contribution in [3.8, 4) is 17.6 Å². The van der Waals surface area contributed by atoms with E-state index < -0.39 is 28.4 Å². The zero-order chi connectivity index (χ0) is 24.6. The lowest BCUT2D eigenvalue weighted by atomic mass is 10.1. The average molecular weight is 485 g/mol. The molecule has 10 heteroatoms. The molecule has 178 valence electrons. The molecule has 0 unspecified atom stereocenters. The molecule has 34 heavy (non-hydrogen) atoms. The molecule has 0 amide bonds. The van der Waals surface area contributed by atoms with E-state index >= 15 is 0 Å². The van der Waals surface area contributed by atoms with Crippen LogP contribution in [0.1, 0.15) is 28.8 Å². The van der Waals surface area contributed by atoms with Crippen LogP contribution in [-0.4, -0.2) is 57.9 Å². The second kappa shape index (κ2) is 11.4. The van der Waals surface area contributed by atoms with Crippen molar-refractivity contribution in [3.05, 3.63) is 59.7 Å². The maximum Gasteiger partial charge on any atom is 0.331 e. The topological polar surface area (TPSA) is 123 Å². The van der Waals surface area contributed by atoms with Gasteiger partial charge in [0, 0.05) is 24.7 Å². The van der Waals surface area contributed by atoms with E-state index in [4.69, 9.17) is 19.5 Å². The van der Waals surface area contributed by atoms with Gasteiger partial charge < -0.3 is 14.2 Å². The summed E-state index contributed by atoms with van der Waals surface area (Å²) < 4.78 is 42.0. The minimum atomic E-state index is -3.56. The van der Waals surface area contributed by atoms with Crippen LogP contribution in [0.15, 0.2) is 53.4 Å². The minimum Gasteiger partial charge on any atom is -0.493 e. The average Bonchev–Trinajstić information content (AvgIpc) is 3.41. The first-order valence-corrected chi connectivity index (χ1v) is 11.9. The molecule has 1 heterocycles. The Morgan fingerprint density at radius 2 is 1.79 bits per heavy atom. The third kappa shape index (κ3) is 6.21. The van der Waals surface area contributed by atoms with Crippen LogP contribution in [0.4, 0.5) is 0 Å². The van der Waals surface area contributed by atoms with Crippen LogP contribution in [0.25, 0.3) is 6.08 Å². The van der Waals surface area contributed by atoms with E-state index in [9.17, 15) is 18.0 Å². The van der Waals surface area contributed by atoms with Gasteiger partial charge >= 0.3 is 5.97 Å². The van der Waals surface area contributed by atoms with Crippen molar-refractivity contribution in [2.75, 3.05) is 33.4 Å². The standard InChI is InChI=1S/C24H24N2O7S/c1-31-23-16-18(4-10-22(23)32-15-12-25)5-11-24(28)33-17-21(27)19-6-8-20(9-7-19)34(29,30)26-13-2-3-14-26/h4-11,16H,2-3,13-15,17H2,1H3/b11-5+. The zero-order valence-electron chi connectivity index (χ0n) is 18.6.